The van der Waals surface area contributed by atoms with Crippen LogP contribution < -0.4 is 10.6 Å². The summed E-state index contributed by atoms with van der Waals surface area (Å²) in [5, 5.41) is 13.9. The molecule has 3 N–H and O–H groups in total. The molecule has 0 radical (unpaired) electrons. The molecule has 0 aliphatic carbocycles. The summed E-state index contributed by atoms with van der Waals surface area (Å²) in [6, 6.07) is -0.625. The third kappa shape index (κ3) is 18.3. The maximum atomic E-state index is 11.6. The van der Waals surface area contributed by atoms with E-state index in [0.717, 1.165) is 0 Å². The molecule has 2 saturated heterocycles. The molecule has 1 unspecified atom stereocenters. The molecule has 1 atom stereocenters. The molecule has 2 fully saturated rings. The molecule has 2 aliphatic rings. The van der Waals surface area contributed by atoms with E-state index in [-0.39, 0.29) is 17.0 Å². The number of hydrogen-bond donors (Lipinski definition) is 3. The van der Waals surface area contributed by atoms with Crippen molar-refractivity contribution < 1.29 is 38.1 Å². The van der Waals surface area contributed by atoms with Gasteiger partial charge in [0.1, 0.15) is 22.8 Å². The lowest BCUT2D eigenvalue weighted by Gasteiger charge is -2.37. The Hall–Kier alpha value is -3.37. The van der Waals surface area contributed by atoms with E-state index >= 15 is 0 Å². The van der Waals surface area contributed by atoms with Gasteiger partial charge in [-0.25, -0.2) is 14.4 Å². The van der Waals surface area contributed by atoms with Crippen molar-refractivity contribution in [3.63, 3.8) is 0 Å². The predicted octanol–water partition coefficient (Wildman–Crippen LogP) is 4.53. The first-order valence-electron chi connectivity index (χ1n) is 15.0. The molecule has 254 valence electrons. The molecule has 2 rings (SSSR count). The average molecular weight is 650 g/mol. The molecule has 2 heterocycles. The lowest BCUT2D eigenvalue weighted by molar-refractivity contribution is 0.00588. The highest BCUT2D eigenvalue weighted by Gasteiger charge is 2.34. The minimum absolute atomic E-state index is 0.152. The number of likely N-dealkylation sites (tertiary alicyclic amines) is 1. The molecule has 0 spiro atoms. The highest BCUT2D eigenvalue weighted by atomic mass is 28.2. The third-order valence-corrected chi connectivity index (χ3v) is 7.89. The second kappa shape index (κ2) is 17.4. The molecule has 0 bridgehead atoms. The Bertz CT molecular complexity index is 1100. The monoisotopic (exact) mass is 649 g/mol. The molecule has 3 amide bonds. The van der Waals surface area contributed by atoms with Crippen LogP contribution in [0.15, 0.2) is 0 Å². The number of nitrogens with one attached hydrogen (secondary N) is 2. The Kier molecular flexibility index (Phi) is 16.1. The summed E-state index contributed by atoms with van der Waals surface area (Å²) >= 11 is 0. The summed E-state index contributed by atoms with van der Waals surface area (Å²) in [7, 11) is -0.769. The second-order valence-corrected chi connectivity index (χ2v) is 17.4. The van der Waals surface area contributed by atoms with Crippen LogP contribution in [0.1, 0.15) is 89.0 Å². The van der Waals surface area contributed by atoms with E-state index in [1.165, 1.54) is 0 Å². The topological polar surface area (TPSA) is 136 Å². The normalized spacial score (nSPS) is 17.3. The Balaban J connectivity index is 0.000000649. The molecule has 11 nitrogen and oxygen atoms in total. The van der Waals surface area contributed by atoms with Gasteiger partial charge in [-0.2, -0.15) is 0 Å². The van der Waals surface area contributed by atoms with Crippen LogP contribution in [0.2, 0.25) is 5.04 Å². The Morgan fingerprint density at radius 2 is 1.44 bits per heavy atom. The molecule has 2 aliphatic heterocycles. The summed E-state index contributed by atoms with van der Waals surface area (Å²) in [4.78, 5) is 35.1. The maximum Gasteiger partial charge on any atom is 0.410 e. The van der Waals surface area contributed by atoms with Gasteiger partial charge in [-0.3, -0.25) is 0 Å². The van der Waals surface area contributed by atoms with Gasteiger partial charge in [0.05, 0.1) is 11.5 Å². The van der Waals surface area contributed by atoms with Gasteiger partial charge in [0, 0.05) is 39.1 Å². The number of ether oxygens (including phenoxy) is 3. The van der Waals surface area contributed by atoms with E-state index in [1.807, 2.05) is 55.4 Å². The SMILES string of the molecule is C#CC(NC(=O)O)C(C)(C)O[SiH2]C(C)(C)C.C#CC1(NC(=O)OC(C)(C)C)CCOCC1.C#CC1CN(C(=O)OC(C)(C)C)C1. The van der Waals surface area contributed by atoms with E-state index in [4.69, 9.17) is 43.0 Å². The zero-order chi connectivity index (χ0) is 35.3. The second-order valence-electron chi connectivity index (χ2n) is 14.7. The number of carbonyl (C=O) groups is 3. The van der Waals surface area contributed by atoms with Gasteiger partial charge in [0.15, 0.2) is 9.76 Å². The van der Waals surface area contributed by atoms with Crippen molar-refractivity contribution in [1.29, 1.82) is 0 Å². The van der Waals surface area contributed by atoms with Crippen molar-refractivity contribution in [3.8, 4) is 37.0 Å². The Morgan fingerprint density at radius 1 is 0.933 bits per heavy atom. The van der Waals surface area contributed by atoms with Crippen molar-refractivity contribution >= 4 is 28.0 Å². The number of rotatable bonds is 5. The summed E-state index contributed by atoms with van der Waals surface area (Å²) in [5.41, 5.74) is -2.20. The van der Waals surface area contributed by atoms with Gasteiger partial charge in [-0.1, -0.05) is 38.5 Å². The summed E-state index contributed by atoms with van der Waals surface area (Å²) in [6.07, 6.45) is 15.4. The fourth-order valence-electron chi connectivity index (χ4n) is 3.61. The minimum Gasteiger partial charge on any atom is -0.465 e. The average Bonchev–Trinajstić information content (AvgIpc) is 2.84. The zero-order valence-corrected chi connectivity index (χ0v) is 30.5. The summed E-state index contributed by atoms with van der Waals surface area (Å²) in [5.74, 6) is 7.87. The van der Waals surface area contributed by atoms with Crippen LogP contribution in [0.25, 0.3) is 0 Å². The smallest absolute Gasteiger partial charge is 0.410 e. The first-order chi connectivity index (χ1) is 20.4. The minimum atomic E-state index is -1.13. The number of terminal acetylenes is 3. The van der Waals surface area contributed by atoms with Crippen LogP contribution in [-0.4, -0.2) is 92.7 Å². The molecular weight excluding hydrogens is 594 g/mol. The quantitative estimate of drug-likeness (QED) is 0.292. The first-order valence-corrected chi connectivity index (χ1v) is 16.3. The lowest BCUT2D eigenvalue weighted by Crippen LogP contribution is -2.52. The summed E-state index contributed by atoms with van der Waals surface area (Å²) in [6.45, 7) is 23.3. The molecule has 0 aromatic rings. The molecule has 0 aromatic carbocycles. The van der Waals surface area contributed by atoms with E-state index < -0.39 is 50.3 Å². The number of alkyl carbamates (subject to hydrolysis) is 1. The van der Waals surface area contributed by atoms with Gasteiger partial charge in [0.25, 0.3) is 0 Å². The fraction of sp³-hybridized carbons (Fsp3) is 0.727. The molecule has 12 heteroatoms. The number of carbonyl (C=O) groups excluding carboxylic acids is 2. The van der Waals surface area contributed by atoms with Gasteiger partial charge in [0.2, 0.25) is 0 Å². The highest BCUT2D eigenvalue weighted by Crippen LogP contribution is 2.25. The number of hydrogen-bond acceptors (Lipinski definition) is 7. The lowest BCUT2D eigenvalue weighted by atomic mass is 9.91. The van der Waals surface area contributed by atoms with Crippen molar-refractivity contribution in [2.24, 2.45) is 5.92 Å². The van der Waals surface area contributed by atoms with Crippen LogP contribution in [0, 0.1) is 42.9 Å². The van der Waals surface area contributed by atoms with Crippen molar-refractivity contribution in [3.05, 3.63) is 0 Å². The molecular formula is C33H55N3O8Si. The third-order valence-electron chi connectivity index (χ3n) is 6.14. The standard InChI is InChI=1S/C12H19NO3.C11H21NO3Si.C10H15NO2/c1-5-12(6-8-15-9-7-12)13-10(14)16-11(2,3)4;1-7-8(12-9(13)14)11(5,6)15-16-10(2,3)4;1-5-8-6-11(7-8)9(12)13-10(2,3)4/h1H,6-9H2,2-4H3,(H,13,14);1,8,12H,16H2,2-6H3,(H,13,14);1,8H,6-7H2,2-4H3. The number of nitrogens with zero attached hydrogens (tertiary/aromatic N) is 1. The summed E-state index contributed by atoms with van der Waals surface area (Å²) < 4.78 is 21.4. The van der Waals surface area contributed by atoms with Crippen LogP contribution in [0.5, 0.6) is 0 Å². The van der Waals surface area contributed by atoms with Crippen molar-refractivity contribution in [2.45, 2.75) is 122 Å². The van der Waals surface area contributed by atoms with Gasteiger partial charge in [-0.05, 0) is 60.4 Å². The Morgan fingerprint density at radius 3 is 1.82 bits per heavy atom. The van der Waals surface area contributed by atoms with Crippen LogP contribution in [-0.2, 0) is 18.6 Å². The fourth-order valence-corrected chi connectivity index (χ4v) is 4.58. The van der Waals surface area contributed by atoms with Gasteiger partial charge >= 0.3 is 18.3 Å². The zero-order valence-electron chi connectivity index (χ0n) is 29.1. The van der Waals surface area contributed by atoms with E-state index in [0.29, 0.717) is 39.1 Å². The number of amides is 3. The highest BCUT2D eigenvalue weighted by molar-refractivity contribution is 6.31. The Labute approximate surface area is 273 Å². The van der Waals surface area contributed by atoms with E-state index in [9.17, 15) is 14.4 Å². The molecule has 0 aromatic heterocycles. The van der Waals surface area contributed by atoms with Crippen molar-refractivity contribution in [2.75, 3.05) is 26.3 Å². The van der Waals surface area contributed by atoms with E-state index in [1.54, 1.807) is 4.90 Å². The number of carboxylic acid groups (broad SMARTS) is 1. The first kappa shape index (κ1) is 41.6. The van der Waals surface area contributed by atoms with Crippen LogP contribution >= 0.6 is 0 Å². The van der Waals surface area contributed by atoms with Gasteiger partial charge < -0.3 is 39.3 Å². The molecule has 45 heavy (non-hydrogen) atoms. The molecule has 0 saturated carbocycles. The van der Waals surface area contributed by atoms with Gasteiger partial charge in [-0.15, -0.1) is 19.3 Å². The van der Waals surface area contributed by atoms with Crippen molar-refractivity contribution in [1.82, 2.24) is 15.5 Å². The van der Waals surface area contributed by atoms with Crippen LogP contribution in [0.3, 0.4) is 0 Å². The maximum absolute atomic E-state index is 11.6. The van der Waals surface area contributed by atoms with E-state index in [2.05, 4.69) is 49.2 Å². The largest absolute Gasteiger partial charge is 0.465 e. The predicted molar refractivity (Wildman–Crippen MR) is 178 cm³/mol. The van der Waals surface area contributed by atoms with Crippen LogP contribution in [0.4, 0.5) is 14.4 Å².